The van der Waals surface area contributed by atoms with Gasteiger partial charge >= 0.3 is 0 Å². The Labute approximate surface area is 181 Å². The van der Waals surface area contributed by atoms with Crippen LogP contribution in [0.25, 0.3) is 0 Å². The van der Waals surface area contributed by atoms with E-state index in [0.717, 1.165) is 50.6 Å². The van der Waals surface area contributed by atoms with E-state index in [2.05, 4.69) is 16.3 Å². The number of rotatable bonds is 6. The maximum absolute atomic E-state index is 12.7. The van der Waals surface area contributed by atoms with Crippen LogP contribution in [-0.4, -0.2) is 73.0 Å². The molecule has 1 N–H and O–H groups in total. The lowest BCUT2D eigenvalue weighted by molar-refractivity contribution is -0.136. The first-order valence-corrected chi connectivity index (χ1v) is 11.0. The first-order chi connectivity index (χ1) is 15.1. The maximum Gasteiger partial charge on any atom is 0.255 e. The molecule has 0 aromatic heterocycles. The van der Waals surface area contributed by atoms with Crippen molar-refractivity contribution < 1.29 is 23.9 Å². The number of nitrogens with one attached hydrogen (secondary N) is 1. The summed E-state index contributed by atoms with van der Waals surface area (Å²) in [6, 6.07) is 4.89. The molecule has 2 fully saturated rings. The lowest BCUT2D eigenvalue weighted by atomic mass is 9.88. The van der Waals surface area contributed by atoms with Gasteiger partial charge in [-0.3, -0.25) is 24.6 Å². The first-order valence-electron chi connectivity index (χ1n) is 11.0. The number of fused-ring (bicyclic) bond motifs is 1. The summed E-state index contributed by atoms with van der Waals surface area (Å²) in [6.45, 7) is 5.58. The molecule has 164 valence electrons. The smallest absolute Gasteiger partial charge is 0.255 e. The Bertz CT molecular complexity index is 937. The number of hydrogen-bond acceptors (Lipinski definition) is 6. The van der Waals surface area contributed by atoms with Gasteiger partial charge in [0.15, 0.2) is 0 Å². The van der Waals surface area contributed by atoms with Crippen molar-refractivity contribution in [2.75, 3.05) is 39.5 Å². The molecule has 0 aliphatic carbocycles. The molecule has 1 aromatic rings. The molecule has 1 unspecified atom stereocenters. The highest BCUT2D eigenvalue weighted by Gasteiger charge is 2.39. The molecule has 0 radical (unpaired) electrons. The van der Waals surface area contributed by atoms with Crippen LogP contribution in [0.1, 0.15) is 35.2 Å². The third-order valence-corrected chi connectivity index (χ3v) is 6.65. The van der Waals surface area contributed by atoms with E-state index < -0.39 is 11.9 Å². The SMILES string of the molecule is O=C1CCC(N2Cc3cc(OCCN4CC(C5=CCOCC5)C4)ccc3C2=O)C(=O)N1. The zero-order valence-corrected chi connectivity index (χ0v) is 17.5. The lowest BCUT2D eigenvalue weighted by Crippen LogP contribution is -2.52. The van der Waals surface area contributed by atoms with Gasteiger partial charge < -0.3 is 14.4 Å². The van der Waals surface area contributed by atoms with E-state index >= 15 is 0 Å². The van der Waals surface area contributed by atoms with Crippen molar-refractivity contribution in [3.8, 4) is 5.75 Å². The molecule has 0 bridgehead atoms. The van der Waals surface area contributed by atoms with Crippen molar-refractivity contribution in [3.05, 3.63) is 41.0 Å². The van der Waals surface area contributed by atoms with Crippen LogP contribution < -0.4 is 10.1 Å². The second-order valence-corrected chi connectivity index (χ2v) is 8.63. The topological polar surface area (TPSA) is 88.2 Å². The maximum atomic E-state index is 12.7. The number of carbonyl (C=O) groups is 3. The fourth-order valence-electron chi connectivity index (χ4n) is 4.83. The van der Waals surface area contributed by atoms with Crippen LogP contribution in [0, 0.1) is 5.92 Å². The third-order valence-electron chi connectivity index (χ3n) is 6.65. The van der Waals surface area contributed by atoms with Gasteiger partial charge in [0.1, 0.15) is 18.4 Å². The van der Waals surface area contributed by atoms with Gasteiger partial charge in [-0.15, -0.1) is 0 Å². The molecule has 1 aromatic carbocycles. The molecule has 2 saturated heterocycles. The van der Waals surface area contributed by atoms with Crippen LogP contribution >= 0.6 is 0 Å². The molecule has 5 rings (SSSR count). The standard InChI is InChI=1S/C23H27N3O5/c27-21-4-3-20(22(28)24-21)26-14-16-11-18(1-2-19(16)23(26)29)31-10-7-25-12-17(13-25)15-5-8-30-9-6-15/h1-2,5,11,17,20H,3-4,6-10,12-14H2,(H,24,27,28). The number of piperidine rings is 1. The molecule has 31 heavy (non-hydrogen) atoms. The predicted molar refractivity (Wildman–Crippen MR) is 111 cm³/mol. The minimum atomic E-state index is -0.591. The molecule has 4 aliphatic heterocycles. The van der Waals surface area contributed by atoms with E-state index in [1.807, 2.05) is 12.1 Å². The van der Waals surface area contributed by atoms with Gasteiger partial charge in [0.25, 0.3) is 5.91 Å². The molecular weight excluding hydrogens is 398 g/mol. The summed E-state index contributed by atoms with van der Waals surface area (Å²) in [4.78, 5) is 40.2. The van der Waals surface area contributed by atoms with Gasteiger partial charge in [0.05, 0.1) is 13.2 Å². The summed E-state index contributed by atoms with van der Waals surface area (Å²) in [6.07, 6.45) is 3.91. The lowest BCUT2D eigenvalue weighted by Gasteiger charge is -2.41. The minimum Gasteiger partial charge on any atom is -0.492 e. The molecule has 0 spiro atoms. The average Bonchev–Trinajstić information content (AvgIpc) is 3.06. The third kappa shape index (κ3) is 4.09. The summed E-state index contributed by atoms with van der Waals surface area (Å²) in [7, 11) is 0. The minimum absolute atomic E-state index is 0.162. The molecule has 0 saturated carbocycles. The number of likely N-dealkylation sites (tertiary alicyclic amines) is 1. The number of benzene rings is 1. The van der Waals surface area contributed by atoms with Crippen molar-refractivity contribution in [2.24, 2.45) is 5.92 Å². The number of ether oxygens (including phenoxy) is 2. The van der Waals surface area contributed by atoms with Gasteiger partial charge in [0, 0.05) is 44.1 Å². The molecule has 1 atom stereocenters. The quantitative estimate of drug-likeness (QED) is 0.543. The highest BCUT2D eigenvalue weighted by atomic mass is 16.5. The summed E-state index contributed by atoms with van der Waals surface area (Å²) in [5.74, 6) is 0.566. The van der Waals surface area contributed by atoms with Crippen molar-refractivity contribution in [1.82, 2.24) is 15.1 Å². The summed E-state index contributed by atoms with van der Waals surface area (Å²) >= 11 is 0. The van der Waals surface area contributed by atoms with E-state index in [0.29, 0.717) is 31.1 Å². The highest BCUT2D eigenvalue weighted by Crippen LogP contribution is 2.30. The normalized spacial score (nSPS) is 24.5. The summed E-state index contributed by atoms with van der Waals surface area (Å²) in [5, 5.41) is 2.33. The van der Waals surface area contributed by atoms with E-state index in [1.54, 1.807) is 11.0 Å². The summed E-state index contributed by atoms with van der Waals surface area (Å²) < 4.78 is 11.3. The van der Waals surface area contributed by atoms with Crippen LogP contribution in [0.4, 0.5) is 0 Å². The van der Waals surface area contributed by atoms with Gasteiger partial charge in [-0.25, -0.2) is 0 Å². The van der Waals surface area contributed by atoms with Gasteiger partial charge in [-0.1, -0.05) is 11.6 Å². The summed E-state index contributed by atoms with van der Waals surface area (Å²) in [5.41, 5.74) is 3.00. The number of carbonyl (C=O) groups excluding carboxylic acids is 3. The molecule has 8 heteroatoms. The highest BCUT2D eigenvalue weighted by molar-refractivity contribution is 6.05. The van der Waals surface area contributed by atoms with Gasteiger partial charge in [0.2, 0.25) is 11.8 Å². The van der Waals surface area contributed by atoms with Crippen LogP contribution in [-0.2, 0) is 20.9 Å². The Morgan fingerprint density at radius 3 is 2.81 bits per heavy atom. The molecular formula is C23H27N3O5. The van der Waals surface area contributed by atoms with Gasteiger partial charge in [-0.05, 0) is 36.6 Å². The number of hydrogen-bond donors (Lipinski definition) is 1. The Balaban J connectivity index is 1.12. The average molecular weight is 425 g/mol. The van der Waals surface area contributed by atoms with Crippen molar-refractivity contribution >= 4 is 17.7 Å². The monoisotopic (exact) mass is 425 g/mol. The number of nitrogens with zero attached hydrogens (tertiary/aromatic N) is 2. The van der Waals surface area contributed by atoms with Crippen LogP contribution in [0.15, 0.2) is 29.8 Å². The fraction of sp³-hybridized carbons (Fsp3) is 0.522. The fourth-order valence-corrected chi connectivity index (χ4v) is 4.83. The Hall–Kier alpha value is -2.71. The van der Waals surface area contributed by atoms with Gasteiger partial charge in [-0.2, -0.15) is 0 Å². The second-order valence-electron chi connectivity index (χ2n) is 8.63. The van der Waals surface area contributed by atoms with E-state index in [4.69, 9.17) is 9.47 Å². The van der Waals surface area contributed by atoms with Crippen molar-refractivity contribution in [3.63, 3.8) is 0 Å². The molecule has 3 amide bonds. The van der Waals surface area contributed by atoms with Crippen LogP contribution in [0.5, 0.6) is 5.75 Å². The van der Waals surface area contributed by atoms with Crippen LogP contribution in [0.3, 0.4) is 0 Å². The Morgan fingerprint density at radius 1 is 1.16 bits per heavy atom. The zero-order valence-electron chi connectivity index (χ0n) is 17.5. The number of amides is 3. The predicted octanol–water partition coefficient (Wildman–Crippen LogP) is 1.10. The van der Waals surface area contributed by atoms with E-state index in [1.165, 1.54) is 5.57 Å². The van der Waals surface area contributed by atoms with Crippen LogP contribution in [0.2, 0.25) is 0 Å². The second kappa shape index (κ2) is 8.43. The molecule has 4 heterocycles. The molecule has 4 aliphatic rings. The van der Waals surface area contributed by atoms with E-state index in [9.17, 15) is 14.4 Å². The molecule has 8 nitrogen and oxygen atoms in total. The largest absolute Gasteiger partial charge is 0.492 e. The first kappa shape index (κ1) is 20.2. The van der Waals surface area contributed by atoms with E-state index in [-0.39, 0.29) is 18.2 Å². The van der Waals surface area contributed by atoms with Crippen molar-refractivity contribution in [2.45, 2.75) is 31.8 Å². The zero-order chi connectivity index (χ0) is 21.4. The van der Waals surface area contributed by atoms with Crippen molar-refractivity contribution in [1.29, 1.82) is 0 Å². The number of imide groups is 1. The Morgan fingerprint density at radius 2 is 2.03 bits per heavy atom. The Kier molecular flexibility index (Phi) is 5.50.